The van der Waals surface area contributed by atoms with Gasteiger partial charge in [0.25, 0.3) is 5.56 Å². The van der Waals surface area contributed by atoms with E-state index in [2.05, 4.69) is 20.7 Å². The Morgan fingerprint density at radius 2 is 2.30 bits per heavy atom. The Morgan fingerprint density at radius 1 is 1.61 bits per heavy atom. The Hall–Kier alpha value is -2.40. The highest BCUT2D eigenvalue weighted by Crippen LogP contribution is 2.41. The van der Waals surface area contributed by atoms with Gasteiger partial charge < -0.3 is 9.47 Å². The van der Waals surface area contributed by atoms with E-state index in [1.165, 1.54) is 10.6 Å². The van der Waals surface area contributed by atoms with Crippen LogP contribution in [0.5, 0.6) is 5.75 Å². The van der Waals surface area contributed by atoms with Crippen molar-refractivity contribution in [2.45, 2.75) is 13.0 Å². The lowest BCUT2D eigenvalue weighted by Gasteiger charge is -2.27. The Morgan fingerprint density at radius 3 is 2.91 bits per heavy atom. The molecule has 1 aliphatic heterocycles. The molecule has 3 rings (SSSR count). The highest BCUT2D eigenvalue weighted by molar-refractivity contribution is 9.10. The molecule has 0 spiro atoms. The zero-order valence-corrected chi connectivity index (χ0v) is 13.7. The SMILES string of the molecule is COC(=O)c1cc2c(C#N)c(F)c(Br)c3c2n(c1=O)[C@@H](C)CO3. The van der Waals surface area contributed by atoms with Crippen molar-refractivity contribution in [3.05, 3.63) is 37.8 Å². The standard InChI is InChI=1S/C15H10BrFN2O4/c1-6-5-23-13-10(16)11(17)9(4-18)7-3-8(15(21)22-2)14(20)19(6)12(7)13/h3,6H,5H2,1-2H3/t6-/m0/s1. The molecule has 0 saturated heterocycles. The van der Waals surface area contributed by atoms with E-state index < -0.39 is 17.3 Å². The lowest BCUT2D eigenvalue weighted by atomic mass is 10.0. The molecule has 0 radical (unpaired) electrons. The summed E-state index contributed by atoms with van der Waals surface area (Å²) in [5.41, 5.74) is -0.805. The number of aromatic nitrogens is 1. The summed E-state index contributed by atoms with van der Waals surface area (Å²) in [6, 6.07) is 2.57. The van der Waals surface area contributed by atoms with E-state index in [9.17, 15) is 19.2 Å². The average Bonchev–Trinajstić information content (AvgIpc) is 2.55. The predicted octanol–water partition coefficient (Wildman–Crippen LogP) is 2.51. The predicted molar refractivity (Wildman–Crippen MR) is 82.1 cm³/mol. The van der Waals surface area contributed by atoms with Crippen LogP contribution < -0.4 is 10.3 Å². The topological polar surface area (TPSA) is 81.3 Å². The number of halogens is 2. The maximum atomic E-state index is 14.4. The Bertz CT molecular complexity index is 961. The molecule has 1 aromatic carbocycles. The van der Waals surface area contributed by atoms with Gasteiger partial charge in [0.1, 0.15) is 18.2 Å². The van der Waals surface area contributed by atoms with Gasteiger partial charge in [0.05, 0.1) is 28.7 Å². The van der Waals surface area contributed by atoms with Gasteiger partial charge in [-0.15, -0.1) is 0 Å². The van der Waals surface area contributed by atoms with Crippen LogP contribution in [0.25, 0.3) is 10.9 Å². The van der Waals surface area contributed by atoms with E-state index in [4.69, 9.17) is 4.74 Å². The first-order valence-electron chi connectivity index (χ1n) is 6.63. The fourth-order valence-corrected chi connectivity index (χ4v) is 3.19. The number of esters is 1. The first-order chi connectivity index (χ1) is 10.9. The molecule has 0 aliphatic carbocycles. The summed E-state index contributed by atoms with van der Waals surface area (Å²) in [6.45, 7) is 1.87. The summed E-state index contributed by atoms with van der Waals surface area (Å²) in [7, 11) is 1.15. The summed E-state index contributed by atoms with van der Waals surface area (Å²) >= 11 is 3.07. The normalized spacial score (nSPS) is 15.9. The van der Waals surface area contributed by atoms with Gasteiger partial charge in [-0.2, -0.15) is 5.26 Å². The number of hydrogen-bond acceptors (Lipinski definition) is 5. The van der Waals surface area contributed by atoms with Crippen LogP contribution in [-0.2, 0) is 4.74 Å². The molecular weight excluding hydrogens is 371 g/mol. The number of benzene rings is 1. The lowest BCUT2D eigenvalue weighted by molar-refractivity contribution is 0.0597. The molecule has 23 heavy (non-hydrogen) atoms. The maximum absolute atomic E-state index is 14.4. The van der Waals surface area contributed by atoms with Gasteiger partial charge >= 0.3 is 5.97 Å². The van der Waals surface area contributed by atoms with Crippen LogP contribution >= 0.6 is 15.9 Å². The van der Waals surface area contributed by atoms with Crippen molar-refractivity contribution >= 4 is 32.8 Å². The average molecular weight is 381 g/mol. The molecule has 2 aromatic rings. The fraction of sp³-hybridized carbons (Fsp3) is 0.267. The minimum Gasteiger partial charge on any atom is -0.488 e. The van der Waals surface area contributed by atoms with Gasteiger partial charge in [0.2, 0.25) is 0 Å². The maximum Gasteiger partial charge on any atom is 0.343 e. The van der Waals surface area contributed by atoms with E-state index in [0.29, 0.717) is 0 Å². The van der Waals surface area contributed by atoms with Crippen LogP contribution in [0, 0.1) is 17.1 Å². The van der Waals surface area contributed by atoms with Crippen LogP contribution in [0.4, 0.5) is 4.39 Å². The summed E-state index contributed by atoms with van der Waals surface area (Å²) in [5.74, 6) is -1.50. The highest BCUT2D eigenvalue weighted by atomic mass is 79.9. The zero-order valence-electron chi connectivity index (χ0n) is 12.1. The third kappa shape index (κ3) is 2.04. The number of ether oxygens (including phenoxy) is 2. The van der Waals surface area contributed by atoms with E-state index in [1.54, 1.807) is 13.0 Å². The van der Waals surface area contributed by atoms with Crippen LogP contribution in [0.1, 0.15) is 28.9 Å². The fourth-order valence-electron chi connectivity index (χ4n) is 2.69. The number of pyridine rings is 1. The van der Waals surface area contributed by atoms with Crippen LogP contribution in [0.3, 0.4) is 0 Å². The molecular formula is C15H10BrFN2O4. The van der Waals surface area contributed by atoms with Crippen molar-refractivity contribution in [2.75, 3.05) is 13.7 Å². The molecule has 1 atom stereocenters. The molecule has 6 nitrogen and oxygen atoms in total. The smallest absolute Gasteiger partial charge is 0.343 e. The van der Waals surface area contributed by atoms with Crippen molar-refractivity contribution in [3.63, 3.8) is 0 Å². The second-order valence-electron chi connectivity index (χ2n) is 5.09. The number of carbonyl (C=O) groups excluding carboxylic acids is 1. The van der Waals surface area contributed by atoms with E-state index in [0.717, 1.165) is 7.11 Å². The second-order valence-corrected chi connectivity index (χ2v) is 5.88. The Labute approximate surface area is 138 Å². The third-order valence-electron chi connectivity index (χ3n) is 3.76. The van der Waals surface area contributed by atoms with Crippen molar-refractivity contribution in [3.8, 4) is 11.8 Å². The van der Waals surface area contributed by atoms with Crippen LogP contribution in [0.2, 0.25) is 0 Å². The molecule has 0 N–H and O–H groups in total. The molecule has 0 saturated carbocycles. The van der Waals surface area contributed by atoms with Gasteiger partial charge in [-0.25, -0.2) is 9.18 Å². The summed E-state index contributed by atoms with van der Waals surface area (Å²) in [4.78, 5) is 24.5. The molecule has 8 heteroatoms. The largest absolute Gasteiger partial charge is 0.488 e. The number of methoxy groups -OCH3 is 1. The number of hydrogen-bond donors (Lipinski definition) is 0. The molecule has 1 aromatic heterocycles. The highest BCUT2D eigenvalue weighted by Gasteiger charge is 2.30. The van der Waals surface area contributed by atoms with Crippen molar-refractivity contribution in [1.29, 1.82) is 5.26 Å². The number of nitriles is 1. The summed E-state index contributed by atoms with van der Waals surface area (Å²) in [6.07, 6.45) is 0. The van der Waals surface area contributed by atoms with E-state index in [-0.39, 0.29) is 44.9 Å². The molecule has 0 unspecified atom stereocenters. The Kier molecular flexibility index (Phi) is 3.60. The zero-order chi connectivity index (χ0) is 16.9. The number of nitrogens with zero attached hydrogens (tertiary/aromatic N) is 2. The lowest BCUT2D eigenvalue weighted by Crippen LogP contribution is -2.34. The van der Waals surface area contributed by atoms with Crippen molar-refractivity contribution in [1.82, 2.24) is 4.57 Å². The number of rotatable bonds is 1. The monoisotopic (exact) mass is 380 g/mol. The van der Waals surface area contributed by atoms with Gasteiger partial charge in [-0.05, 0) is 28.9 Å². The molecule has 1 aliphatic rings. The first-order valence-corrected chi connectivity index (χ1v) is 7.43. The second kappa shape index (κ2) is 5.35. The number of carbonyl (C=O) groups is 1. The quantitative estimate of drug-likeness (QED) is 0.710. The van der Waals surface area contributed by atoms with Crippen molar-refractivity contribution in [2.24, 2.45) is 0 Å². The van der Waals surface area contributed by atoms with Gasteiger partial charge in [0.15, 0.2) is 11.6 Å². The molecule has 2 heterocycles. The van der Waals surface area contributed by atoms with E-state index in [1.807, 2.05) is 0 Å². The molecule has 0 bridgehead atoms. The molecule has 0 fully saturated rings. The van der Waals surface area contributed by atoms with Crippen molar-refractivity contribution < 1.29 is 18.7 Å². The minimum absolute atomic E-state index is 0.0209. The first kappa shape index (κ1) is 15.5. The molecule has 0 amide bonds. The van der Waals surface area contributed by atoms with Gasteiger partial charge in [-0.1, -0.05) is 0 Å². The summed E-state index contributed by atoms with van der Waals surface area (Å²) < 4.78 is 25.8. The van der Waals surface area contributed by atoms with E-state index >= 15 is 0 Å². The minimum atomic E-state index is -0.840. The van der Waals surface area contributed by atoms with Gasteiger partial charge in [-0.3, -0.25) is 9.36 Å². The third-order valence-corrected chi connectivity index (χ3v) is 4.46. The molecule has 118 valence electrons. The van der Waals surface area contributed by atoms with Crippen LogP contribution in [-0.4, -0.2) is 24.3 Å². The van der Waals surface area contributed by atoms with Gasteiger partial charge in [0, 0.05) is 5.39 Å². The van der Waals surface area contributed by atoms with Crippen LogP contribution in [0.15, 0.2) is 15.3 Å². The summed E-state index contributed by atoms with van der Waals surface area (Å²) in [5, 5.41) is 9.41. The Balaban J connectivity index is 2.61.